The van der Waals surface area contributed by atoms with Crippen LogP contribution in [0.1, 0.15) is 12.5 Å². The van der Waals surface area contributed by atoms with E-state index in [2.05, 4.69) is 15.5 Å². The second-order valence-electron chi connectivity index (χ2n) is 5.61. The molecule has 1 fully saturated rings. The van der Waals surface area contributed by atoms with Crippen LogP contribution in [0, 0.1) is 6.92 Å². The van der Waals surface area contributed by atoms with Gasteiger partial charge in [0.25, 0.3) is 0 Å². The van der Waals surface area contributed by atoms with Crippen molar-refractivity contribution in [3.8, 4) is 0 Å². The Hall–Kier alpha value is -1.35. The molecule has 9 heteroatoms. The van der Waals surface area contributed by atoms with E-state index < -0.39 is 0 Å². The van der Waals surface area contributed by atoms with E-state index >= 15 is 0 Å². The molecule has 1 N–H and O–H groups in total. The van der Waals surface area contributed by atoms with Crippen molar-refractivity contribution >= 4 is 51.4 Å². The number of nitrogens with zero attached hydrogens (tertiary/aromatic N) is 3. The van der Waals surface area contributed by atoms with Gasteiger partial charge < -0.3 is 15.0 Å². The van der Waals surface area contributed by atoms with Crippen LogP contribution in [0.5, 0.6) is 0 Å². The van der Waals surface area contributed by atoms with Crippen molar-refractivity contribution < 1.29 is 9.53 Å². The Morgan fingerprint density at radius 2 is 2.16 bits per heavy atom. The quantitative estimate of drug-likeness (QED) is 0.776. The topological polar surface area (TPSA) is 67.4 Å². The fraction of sp³-hybridized carbons (Fsp3) is 0.438. The van der Waals surface area contributed by atoms with Crippen molar-refractivity contribution in [1.82, 2.24) is 15.1 Å². The summed E-state index contributed by atoms with van der Waals surface area (Å²) in [5.41, 5.74) is 1.86. The number of morpholine rings is 1. The summed E-state index contributed by atoms with van der Waals surface area (Å²) in [6, 6.07) is 5.68. The standard InChI is InChI=1S/C16H19ClN4O2S2/c1-10-12(17)4-3-5-13(10)18-15-19-20-16(25-15)24-11(2)14(22)21-6-8-23-9-7-21/h3-5,11H,6-9H2,1-2H3,(H,18,19). The Labute approximate surface area is 159 Å². The molecule has 0 bridgehead atoms. The predicted molar refractivity (Wildman–Crippen MR) is 102 cm³/mol. The normalized spacial score (nSPS) is 15.9. The van der Waals surface area contributed by atoms with Crippen LogP contribution in [0.25, 0.3) is 0 Å². The number of benzene rings is 1. The van der Waals surface area contributed by atoms with Crippen LogP contribution in [0.3, 0.4) is 0 Å². The van der Waals surface area contributed by atoms with Gasteiger partial charge in [0.15, 0.2) is 4.34 Å². The number of aromatic nitrogens is 2. The van der Waals surface area contributed by atoms with Crippen molar-refractivity contribution in [2.75, 3.05) is 31.6 Å². The number of carbonyl (C=O) groups is 1. The summed E-state index contributed by atoms with van der Waals surface area (Å²) >= 11 is 8.99. The predicted octanol–water partition coefficient (Wildman–Crippen LogP) is 3.58. The number of thioether (sulfide) groups is 1. The summed E-state index contributed by atoms with van der Waals surface area (Å²) < 4.78 is 6.05. The number of carbonyl (C=O) groups excluding carboxylic acids is 1. The van der Waals surface area contributed by atoms with Crippen molar-refractivity contribution in [2.24, 2.45) is 0 Å². The van der Waals surface area contributed by atoms with Gasteiger partial charge in [0.05, 0.1) is 18.5 Å². The highest BCUT2D eigenvalue weighted by Gasteiger charge is 2.24. The van der Waals surface area contributed by atoms with Crippen LogP contribution in [0.2, 0.25) is 5.02 Å². The van der Waals surface area contributed by atoms with E-state index in [1.165, 1.54) is 23.1 Å². The Morgan fingerprint density at radius 3 is 2.92 bits per heavy atom. The first-order chi connectivity index (χ1) is 12.0. The third kappa shape index (κ3) is 4.63. The zero-order valence-corrected chi connectivity index (χ0v) is 16.4. The molecule has 3 rings (SSSR count). The molecule has 1 aliphatic rings. The molecule has 6 nitrogen and oxygen atoms in total. The van der Waals surface area contributed by atoms with Gasteiger partial charge in [-0.05, 0) is 31.5 Å². The smallest absolute Gasteiger partial charge is 0.236 e. The second kappa shape index (κ2) is 8.35. The van der Waals surface area contributed by atoms with Crippen LogP contribution in [0.15, 0.2) is 22.5 Å². The van der Waals surface area contributed by atoms with Gasteiger partial charge in [-0.25, -0.2) is 0 Å². The molecule has 25 heavy (non-hydrogen) atoms. The van der Waals surface area contributed by atoms with Crippen molar-refractivity contribution in [3.05, 3.63) is 28.8 Å². The lowest BCUT2D eigenvalue weighted by molar-refractivity contribution is -0.134. The number of ether oxygens (including phenoxy) is 1. The lowest BCUT2D eigenvalue weighted by Gasteiger charge is -2.28. The first-order valence-electron chi connectivity index (χ1n) is 7.93. The molecule has 2 heterocycles. The minimum absolute atomic E-state index is 0.115. The van der Waals surface area contributed by atoms with E-state index in [4.69, 9.17) is 16.3 Å². The Morgan fingerprint density at radius 1 is 1.40 bits per heavy atom. The second-order valence-corrected chi connectivity index (χ2v) is 8.58. The number of anilines is 2. The van der Waals surface area contributed by atoms with Gasteiger partial charge >= 0.3 is 0 Å². The van der Waals surface area contributed by atoms with Crippen LogP contribution in [-0.2, 0) is 9.53 Å². The summed E-state index contributed by atoms with van der Waals surface area (Å²) in [6.45, 7) is 6.37. The third-order valence-electron chi connectivity index (χ3n) is 3.86. The molecule has 1 aromatic heterocycles. The molecule has 1 atom stereocenters. The minimum Gasteiger partial charge on any atom is -0.378 e. The highest BCUT2D eigenvalue weighted by atomic mass is 35.5. The van der Waals surface area contributed by atoms with Gasteiger partial charge in [-0.15, -0.1) is 10.2 Å². The SMILES string of the molecule is Cc1c(Cl)cccc1Nc1nnc(SC(C)C(=O)N2CCOCC2)s1. The van der Waals surface area contributed by atoms with Crippen LogP contribution < -0.4 is 5.32 Å². The number of hydrogen-bond donors (Lipinski definition) is 1. The minimum atomic E-state index is -0.202. The molecule has 1 aromatic carbocycles. The molecular weight excluding hydrogens is 380 g/mol. The van der Waals surface area contributed by atoms with Gasteiger partial charge in [-0.1, -0.05) is 40.8 Å². The maximum Gasteiger partial charge on any atom is 0.236 e. The van der Waals surface area contributed by atoms with Crippen molar-refractivity contribution in [3.63, 3.8) is 0 Å². The Kier molecular flexibility index (Phi) is 6.16. The fourth-order valence-electron chi connectivity index (χ4n) is 2.41. The van der Waals surface area contributed by atoms with E-state index in [0.717, 1.165) is 15.6 Å². The van der Waals surface area contributed by atoms with Crippen LogP contribution in [-0.4, -0.2) is 52.6 Å². The molecule has 0 aliphatic carbocycles. The molecule has 134 valence electrons. The van der Waals surface area contributed by atoms with Gasteiger partial charge in [0, 0.05) is 23.8 Å². The highest BCUT2D eigenvalue weighted by Crippen LogP contribution is 2.32. The molecule has 1 unspecified atom stereocenters. The molecule has 1 amide bonds. The number of halogens is 1. The Bertz CT molecular complexity index is 749. The van der Waals surface area contributed by atoms with Gasteiger partial charge in [-0.3, -0.25) is 4.79 Å². The zero-order valence-electron chi connectivity index (χ0n) is 14.0. The summed E-state index contributed by atoms with van der Waals surface area (Å²) in [5, 5.41) is 12.7. The summed E-state index contributed by atoms with van der Waals surface area (Å²) in [4.78, 5) is 14.3. The summed E-state index contributed by atoms with van der Waals surface area (Å²) in [6.07, 6.45) is 0. The van der Waals surface area contributed by atoms with E-state index in [9.17, 15) is 4.79 Å². The van der Waals surface area contributed by atoms with Gasteiger partial charge in [0.2, 0.25) is 11.0 Å². The molecular formula is C16H19ClN4O2S2. The van der Waals surface area contributed by atoms with E-state index in [1.807, 2.05) is 36.9 Å². The number of hydrogen-bond acceptors (Lipinski definition) is 7. The summed E-state index contributed by atoms with van der Waals surface area (Å²) in [7, 11) is 0. The van der Waals surface area contributed by atoms with Crippen molar-refractivity contribution in [1.29, 1.82) is 0 Å². The first kappa shape index (κ1) is 18.4. The van der Waals surface area contributed by atoms with E-state index in [-0.39, 0.29) is 11.2 Å². The fourth-order valence-corrected chi connectivity index (χ4v) is 4.58. The number of rotatable bonds is 5. The van der Waals surface area contributed by atoms with E-state index in [1.54, 1.807) is 0 Å². The zero-order chi connectivity index (χ0) is 17.8. The number of amides is 1. The monoisotopic (exact) mass is 398 g/mol. The Balaban J connectivity index is 1.61. The lowest BCUT2D eigenvalue weighted by Crippen LogP contribution is -2.44. The molecule has 1 aliphatic heterocycles. The average Bonchev–Trinajstić information content (AvgIpc) is 3.06. The molecule has 0 radical (unpaired) electrons. The molecule has 0 spiro atoms. The average molecular weight is 399 g/mol. The van der Waals surface area contributed by atoms with Gasteiger partial charge in [-0.2, -0.15) is 0 Å². The molecule has 1 saturated heterocycles. The number of nitrogens with one attached hydrogen (secondary N) is 1. The molecule has 2 aromatic rings. The highest BCUT2D eigenvalue weighted by molar-refractivity contribution is 8.02. The van der Waals surface area contributed by atoms with Gasteiger partial charge in [0.1, 0.15) is 0 Å². The van der Waals surface area contributed by atoms with Crippen LogP contribution >= 0.6 is 34.7 Å². The summed E-state index contributed by atoms with van der Waals surface area (Å²) in [5.74, 6) is 0.115. The molecule has 0 saturated carbocycles. The first-order valence-corrected chi connectivity index (χ1v) is 10.0. The van der Waals surface area contributed by atoms with Crippen molar-refractivity contribution in [2.45, 2.75) is 23.4 Å². The third-order valence-corrected chi connectivity index (χ3v) is 6.28. The van der Waals surface area contributed by atoms with Crippen LogP contribution in [0.4, 0.5) is 10.8 Å². The maximum absolute atomic E-state index is 12.5. The lowest BCUT2D eigenvalue weighted by atomic mass is 10.2. The largest absolute Gasteiger partial charge is 0.378 e. The van der Waals surface area contributed by atoms with E-state index in [0.29, 0.717) is 36.5 Å². The maximum atomic E-state index is 12.5.